The largest absolute Gasteiger partial charge is 0.388 e. The number of nitrogens with one attached hydrogen (secondary N) is 2. The quantitative estimate of drug-likeness (QED) is 0.687. The standard InChI is InChI=1S/C14H18ClFN2O3S/c1-14(21,5-6-22-2)8-17-12(19)13(20)18-9-3-4-11(16)10(15)7-9/h3-4,7,21H,5-6,8H2,1-2H3,(H,17,19)(H,18,20). The van der Waals surface area contributed by atoms with Gasteiger partial charge in [-0.25, -0.2) is 4.39 Å². The van der Waals surface area contributed by atoms with Gasteiger partial charge in [0.2, 0.25) is 0 Å². The Kier molecular flexibility index (Phi) is 7.12. The summed E-state index contributed by atoms with van der Waals surface area (Å²) in [5, 5.41) is 14.5. The second kappa shape index (κ2) is 8.36. The number of hydrogen-bond acceptors (Lipinski definition) is 4. The van der Waals surface area contributed by atoms with Crippen molar-refractivity contribution in [2.24, 2.45) is 0 Å². The Bertz CT molecular complexity index is 555. The zero-order valence-corrected chi connectivity index (χ0v) is 13.9. The maximum Gasteiger partial charge on any atom is 0.313 e. The van der Waals surface area contributed by atoms with Gasteiger partial charge in [0.25, 0.3) is 0 Å². The molecule has 3 N–H and O–H groups in total. The summed E-state index contributed by atoms with van der Waals surface area (Å²) in [4.78, 5) is 23.4. The third-order valence-corrected chi connectivity index (χ3v) is 3.76. The molecule has 5 nitrogen and oxygen atoms in total. The van der Waals surface area contributed by atoms with Gasteiger partial charge in [-0.05, 0) is 43.6 Å². The normalized spacial score (nSPS) is 13.3. The Hall–Kier alpha value is -1.31. The average molecular weight is 349 g/mol. The molecular formula is C14H18ClFN2O3S. The molecule has 0 radical (unpaired) electrons. The summed E-state index contributed by atoms with van der Waals surface area (Å²) in [5.41, 5.74) is -0.876. The van der Waals surface area contributed by atoms with Crippen LogP contribution < -0.4 is 10.6 Å². The van der Waals surface area contributed by atoms with Crippen molar-refractivity contribution in [3.63, 3.8) is 0 Å². The van der Waals surface area contributed by atoms with Crippen LogP contribution in [0.5, 0.6) is 0 Å². The molecule has 1 atom stereocenters. The minimum absolute atomic E-state index is 0.0377. The Morgan fingerprint density at radius 2 is 2.09 bits per heavy atom. The topological polar surface area (TPSA) is 78.4 Å². The average Bonchev–Trinajstić information content (AvgIpc) is 2.46. The highest BCUT2D eigenvalue weighted by Crippen LogP contribution is 2.19. The summed E-state index contributed by atoms with van der Waals surface area (Å²) in [6.07, 6.45) is 2.40. The number of rotatable bonds is 6. The van der Waals surface area contributed by atoms with E-state index in [9.17, 15) is 19.1 Å². The first-order valence-electron chi connectivity index (χ1n) is 6.51. The van der Waals surface area contributed by atoms with Gasteiger partial charge in [0.1, 0.15) is 5.82 Å². The molecule has 0 spiro atoms. The van der Waals surface area contributed by atoms with Crippen LogP contribution in [-0.2, 0) is 9.59 Å². The number of thioether (sulfide) groups is 1. The lowest BCUT2D eigenvalue weighted by atomic mass is 10.0. The van der Waals surface area contributed by atoms with Crippen molar-refractivity contribution in [3.05, 3.63) is 29.0 Å². The van der Waals surface area contributed by atoms with Gasteiger partial charge in [-0.1, -0.05) is 11.6 Å². The number of benzene rings is 1. The molecule has 1 aromatic rings. The van der Waals surface area contributed by atoms with Crippen molar-refractivity contribution in [1.29, 1.82) is 0 Å². The molecule has 1 aromatic carbocycles. The molecule has 8 heteroatoms. The number of aliphatic hydroxyl groups is 1. The maximum atomic E-state index is 13.0. The van der Waals surface area contributed by atoms with E-state index >= 15 is 0 Å². The predicted molar refractivity (Wildman–Crippen MR) is 86.7 cm³/mol. The Balaban J connectivity index is 2.51. The molecular weight excluding hydrogens is 331 g/mol. The van der Waals surface area contributed by atoms with Crippen LogP contribution in [0.1, 0.15) is 13.3 Å². The van der Waals surface area contributed by atoms with E-state index < -0.39 is 23.2 Å². The van der Waals surface area contributed by atoms with E-state index in [1.165, 1.54) is 12.1 Å². The number of carbonyl (C=O) groups excluding carboxylic acids is 2. The molecule has 0 saturated carbocycles. The Labute approximate surface area is 137 Å². The fourth-order valence-corrected chi connectivity index (χ4v) is 2.35. The van der Waals surface area contributed by atoms with Crippen LogP contribution in [0.15, 0.2) is 18.2 Å². The Morgan fingerprint density at radius 1 is 1.41 bits per heavy atom. The monoisotopic (exact) mass is 348 g/mol. The van der Waals surface area contributed by atoms with Crippen molar-refractivity contribution < 1.29 is 19.1 Å². The van der Waals surface area contributed by atoms with Gasteiger partial charge in [0.15, 0.2) is 0 Å². The first-order valence-corrected chi connectivity index (χ1v) is 8.28. The van der Waals surface area contributed by atoms with E-state index in [-0.39, 0.29) is 17.3 Å². The summed E-state index contributed by atoms with van der Waals surface area (Å²) in [7, 11) is 0. The van der Waals surface area contributed by atoms with Gasteiger partial charge in [-0.2, -0.15) is 11.8 Å². The molecule has 0 aliphatic heterocycles. The second-order valence-corrected chi connectivity index (χ2v) is 6.40. The van der Waals surface area contributed by atoms with Gasteiger partial charge < -0.3 is 15.7 Å². The van der Waals surface area contributed by atoms with E-state index in [0.717, 1.165) is 11.8 Å². The molecule has 1 unspecified atom stereocenters. The number of anilines is 1. The second-order valence-electron chi connectivity index (χ2n) is 5.01. The van der Waals surface area contributed by atoms with E-state index in [1.54, 1.807) is 18.7 Å². The van der Waals surface area contributed by atoms with Crippen molar-refractivity contribution in [2.75, 3.05) is 23.9 Å². The number of halogens is 2. The molecule has 0 saturated heterocycles. The third-order valence-electron chi connectivity index (χ3n) is 2.86. The van der Waals surface area contributed by atoms with Gasteiger partial charge in [0, 0.05) is 12.2 Å². The van der Waals surface area contributed by atoms with Crippen molar-refractivity contribution in [2.45, 2.75) is 18.9 Å². The van der Waals surface area contributed by atoms with Crippen LogP contribution in [0.4, 0.5) is 10.1 Å². The van der Waals surface area contributed by atoms with E-state index in [0.29, 0.717) is 6.42 Å². The molecule has 122 valence electrons. The molecule has 0 bridgehead atoms. The molecule has 0 aromatic heterocycles. The zero-order chi connectivity index (χ0) is 16.8. The number of hydrogen-bond donors (Lipinski definition) is 3. The van der Waals surface area contributed by atoms with Gasteiger partial charge in [-0.15, -0.1) is 0 Å². The molecule has 2 amide bonds. The van der Waals surface area contributed by atoms with E-state index in [4.69, 9.17) is 11.6 Å². The van der Waals surface area contributed by atoms with Gasteiger partial charge in [-0.3, -0.25) is 9.59 Å². The lowest BCUT2D eigenvalue weighted by Crippen LogP contribution is -2.44. The number of carbonyl (C=O) groups is 2. The highest BCUT2D eigenvalue weighted by molar-refractivity contribution is 7.98. The van der Waals surface area contributed by atoms with E-state index in [1.807, 2.05) is 6.26 Å². The molecule has 0 aliphatic carbocycles. The third kappa shape index (κ3) is 6.21. The molecule has 22 heavy (non-hydrogen) atoms. The summed E-state index contributed by atoms with van der Waals surface area (Å²) in [6.45, 7) is 1.55. The highest BCUT2D eigenvalue weighted by Gasteiger charge is 2.23. The van der Waals surface area contributed by atoms with Crippen LogP contribution in [0, 0.1) is 5.82 Å². The van der Waals surface area contributed by atoms with Crippen molar-refractivity contribution >= 4 is 40.9 Å². The summed E-state index contributed by atoms with van der Waals surface area (Å²) < 4.78 is 13.0. The van der Waals surface area contributed by atoms with Crippen LogP contribution >= 0.6 is 23.4 Å². The molecule has 1 rings (SSSR count). The Morgan fingerprint density at radius 3 is 2.68 bits per heavy atom. The minimum atomic E-state index is -1.09. The number of amides is 2. The summed E-state index contributed by atoms with van der Waals surface area (Å²) >= 11 is 7.16. The summed E-state index contributed by atoms with van der Waals surface area (Å²) in [5.74, 6) is -1.68. The SMILES string of the molecule is CSCCC(C)(O)CNC(=O)C(=O)Nc1ccc(F)c(Cl)c1. The summed E-state index contributed by atoms with van der Waals surface area (Å²) in [6, 6.07) is 3.58. The van der Waals surface area contributed by atoms with Crippen LogP contribution in [-0.4, -0.2) is 41.1 Å². The van der Waals surface area contributed by atoms with E-state index in [2.05, 4.69) is 10.6 Å². The molecule has 0 heterocycles. The fraction of sp³-hybridized carbons (Fsp3) is 0.429. The first kappa shape index (κ1) is 18.7. The van der Waals surface area contributed by atoms with Crippen LogP contribution in [0.25, 0.3) is 0 Å². The van der Waals surface area contributed by atoms with Crippen molar-refractivity contribution in [3.8, 4) is 0 Å². The lowest BCUT2D eigenvalue weighted by molar-refractivity contribution is -0.136. The van der Waals surface area contributed by atoms with Gasteiger partial charge >= 0.3 is 11.8 Å². The predicted octanol–water partition coefficient (Wildman–Crippen LogP) is 2.04. The van der Waals surface area contributed by atoms with Crippen LogP contribution in [0.3, 0.4) is 0 Å². The maximum absolute atomic E-state index is 13.0. The minimum Gasteiger partial charge on any atom is -0.388 e. The van der Waals surface area contributed by atoms with Crippen molar-refractivity contribution in [1.82, 2.24) is 5.32 Å². The zero-order valence-electron chi connectivity index (χ0n) is 12.3. The first-order chi connectivity index (χ1) is 10.2. The molecule has 0 fully saturated rings. The molecule has 0 aliphatic rings. The van der Waals surface area contributed by atoms with Gasteiger partial charge in [0.05, 0.1) is 10.6 Å². The smallest absolute Gasteiger partial charge is 0.313 e. The highest BCUT2D eigenvalue weighted by atomic mass is 35.5. The van der Waals surface area contributed by atoms with Crippen LogP contribution in [0.2, 0.25) is 5.02 Å². The lowest BCUT2D eigenvalue weighted by Gasteiger charge is -2.23. The fourth-order valence-electron chi connectivity index (χ4n) is 1.52.